The number of amides is 1. The van der Waals surface area contributed by atoms with Crippen molar-refractivity contribution < 1.29 is 13.6 Å². The Kier molecular flexibility index (Phi) is 5.00. The van der Waals surface area contributed by atoms with Crippen LogP contribution in [0.3, 0.4) is 0 Å². The van der Waals surface area contributed by atoms with E-state index in [1.54, 1.807) is 12.1 Å². The quantitative estimate of drug-likeness (QED) is 0.762. The molecule has 1 amide bonds. The van der Waals surface area contributed by atoms with E-state index in [1.807, 2.05) is 0 Å². The summed E-state index contributed by atoms with van der Waals surface area (Å²) in [7, 11) is 0. The molecule has 0 aromatic heterocycles. The van der Waals surface area contributed by atoms with Crippen molar-refractivity contribution >= 4 is 5.91 Å². The Morgan fingerprint density at radius 2 is 1.93 bits per heavy atom. The van der Waals surface area contributed by atoms with Crippen LogP contribution in [0.2, 0.25) is 0 Å². The fourth-order valence-corrected chi connectivity index (χ4v) is 4.87. The zero-order valence-electron chi connectivity index (χ0n) is 16.3. The largest absolute Gasteiger partial charge is 0.342 e. The minimum absolute atomic E-state index is 0.126. The maximum atomic E-state index is 14.0. The van der Waals surface area contributed by atoms with Gasteiger partial charge in [0.1, 0.15) is 0 Å². The van der Waals surface area contributed by atoms with Crippen molar-refractivity contribution in [2.24, 2.45) is 10.8 Å². The van der Waals surface area contributed by atoms with Crippen molar-refractivity contribution in [2.45, 2.75) is 58.4 Å². The minimum atomic E-state index is -0.777. The molecule has 3 aliphatic rings. The van der Waals surface area contributed by atoms with Gasteiger partial charge < -0.3 is 4.90 Å². The van der Waals surface area contributed by atoms with Crippen molar-refractivity contribution in [3.63, 3.8) is 0 Å². The SMILES string of the molecule is CC1(CCC(=O)N2CCC3(CCCN(Cc4cccc(F)c4F)C3)C2)CC1. The number of benzene rings is 1. The first-order chi connectivity index (χ1) is 12.9. The van der Waals surface area contributed by atoms with Gasteiger partial charge in [0.05, 0.1) is 0 Å². The lowest BCUT2D eigenvalue weighted by Gasteiger charge is -2.40. The van der Waals surface area contributed by atoms with Crippen molar-refractivity contribution in [3.8, 4) is 0 Å². The van der Waals surface area contributed by atoms with E-state index in [1.165, 1.54) is 18.9 Å². The van der Waals surface area contributed by atoms with Gasteiger partial charge in [0.25, 0.3) is 0 Å². The average molecular weight is 376 g/mol. The van der Waals surface area contributed by atoms with Gasteiger partial charge in [0, 0.05) is 43.6 Å². The zero-order chi connectivity index (χ0) is 19.1. The second kappa shape index (κ2) is 7.16. The van der Waals surface area contributed by atoms with Gasteiger partial charge in [-0.25, -0.2) is 8.78 Å². The summed E-state index contributed by atoms with van der Waals surface area (Å²) in [4.78, 5) is 16.9. The Morgan fingerprint density at radius 3 is 2.70 bits per heavy atom. The van der Waals surface area contributed by atoms with Crippen molar-refractivity contribution in [3.05, 3.63) is 35.4 Å². The second-order valence-electron chi connectivity index (χ2n) is 9.40. The molecule has 2 saturated heterocycles. The molecule has 1 atom stereocenters. The second-order valence-corrected chi connectivity index (χ2v) is 9.40. The average Bonchev–Trinajstić information content (AvgIpc) is 3.25. The van der Waals surface area contributed by atoms with E-state index in [9.17, 15) is 13.6 Å². The first kappa shape index (κ1) is 18.9. The Bertz CT molecular complexity index is 718. The molecule has 3 nitrogen and oxygen atoms in total. The summed E-state index contributed by atoms with van der Waals surface area (Å²) in [6.45, 7) is 6.16. The van der Waals surface area contributed by atoms with Gasteiger partial charge in [0.2, 0.25) is 5.91 Å². The molecule has 4 rings (SSSR count). The summed E-state index contributed by atoms with van der Waals surface area (Å²) in [5, 5.41) is 0. The number of rotatable bonds is 5. The Labute approximate surface area is 160 Å². The minimum Gasteiger partial charge on any atom is -0.342 e. The van der Waals surface area contributed by atoms with Crippen LogP contribution < -0.4 is 0 Å². The first-order valence-electron chi connectivity index (χ1n) is 10.3. The fourth-order valence-electron chi connectivity index (χ4n) is 4.87. The van der Waals surface area contributed by atoms with Gasteiger partial charge in [-0.1, -0.05) is 19.1 Å². The third kappa shape index (κ3) is 4.18. The molecule has 1 aliphatic carbocycles. The van der Waals surface area contributed by atoms with Crippen molar-refractivity contribution in [1.82, 2.24) is 9.80 Å². The lowest BCUT2D eigenvalue weighted by Crippen LogP contribution is -2.45. The van der Waals surface area contributed by atoms with Crippen molar-refractivity contribution in [2.75, 3.05) is 26.2 Å². The summed E-state index contributed by atoms with van der Waals surface area (Å²) in [5.74, 6) is -1.21. The van der Waals surface area contributed by atoms with Crippen LogP contribution in [0.15, 0.2) is 18.2 Å². The van der Waals surface area contributed by atoms with Crippen LogP contribution in [0, 0.1) is 22.5 Å². The summed E-state index contributed by atoms with van der Waals surface area (Å²) >= 11 is 0. The van der Waals surface area contributed by atoms with E-state index in [4.69, 9.17) is 0 Å². The molecule has 1 saturated carbocycles. The molecule has 2 aliphatic heterocycles. The summed E-state index contributed by atoms with van der Waals surface area (Å²) in [6.07, 6.45) is 7.41. The number of halogens is 2. The van der Waals surface area contributed by atoms with E-state index >= 15 is 0 Å². The van der Waals surface area contributed by atoms with Crippen LogP contribution in [-0.2, 0) is 11.3 Å². The van der Waals surface area contributed by atoms with Gasteiger partial charge >= 0.3 is 0 Å². The molecule has 1 aromatic carbocycles. The fraction of sp³-hybridized carbons (Fsp3) is 0.682. The highest BCUT2D eigenvalue weighted by Gasteiger charge is 2.43. The van der Waals surface area contributed by atoms with Crippen LogP contribution in [0.1, 0.15) is 57.4 Å². The van der Waals surface area contributed by atoms with E-state index in [2.05, 4.69) is 16.7 Å². The van der Waals surface area contributed by atoms with Gasteiger partial charge in [-0.2, -0.15) is 0 Å². The van der Waals surface area contributed by atoms with Crippen LogP contribution in [0.25, 0.3) is 0 Å². The molecule has 0 N–H and O–H groups in total. The molecule has 0 radical (unpaired) electrons. The standard InChI is InChI=1S/C22H30F2N2O/c1-21(9-10-21)8-6-19(27)26-13-11-22(16-26)7-3-12-25(15-22)14-17-4-2-5-18(23)20(17)24/h2,4-5H,3,6-16H2,1H3. The summed E-state index contributed by atoms with van der Waals surface area (Å²) < 4.78 is 27.5. The number of carbonyl (C=O) groups is 1. The third-order valence-corrected chi connectivity index (χ3v) is 7.00. The molecule has 1 aromatic rings. The lowest BCUT2D eigenvalue weighted by molar-refractivity contribution is -0.131. The first-order valence-corrected chi connectivity index (χ1v) is 10.3. The number of hydrogen-bond acceptors (Lipinski definition) is 2. The van der Waals surface area contributed by atoms with E-state index in [0.717, 1.165) is 51.9 Å². The van der Waals surface area contributed by atoms with Crippen LogP contribution in [0.5, 0.6) is 0 Å². The van der Waals surface area contributed by atoms with Gasteiger partial charge in [0.15, 0.2) is 11.6 Å². The monoisotopic (exact) mass is 376 g/mol. The van der Waals surface area contributed by atoms with Crippen LogP contribution >= 0.6 is 0 Å². The van der Waals surface area contributed by atoms with Gasteiger partial charge in [-0.15, -0.1) is 0 Å². The Morgan fingerprint density at radius 1 is 1.11 bits per heavy atom. The summed E-state index contributed by atoms with van der Waals surface area (Å²) in [5.41, 5.74) is 0.973. The molecule has 5 heteroatoms. The van der Waals surface area contributed by atoms with E-state index in [-0.39, 0.29) is 5.41 Å². The van der Waals surface area contributed by atoms with E-state index in [0.29, 0.717) is 29.9 Å². The number of hydrogen-bond donors (Lipinski definition) is 0. The Balaban J connectivity index is 1.35. The zero-order valence-corrected chi connectivity index (χ0v) is 16.3. The van der Waals surface area contributed by atoms with Gasteiger partial charge in [-0.3, -0.25) is 9.69 Å². The molecule has 1 unspecified atom stereocenters. The molecule has 2 heterocycles. The lowest BCUT2D eigenvalue weighted by atomic mass is 9.79. The predicted octanol–water partition coefficient (Wildman–Crippen LogP) is 4.36. The highest BCUT2D eigenvalue weighted by molar-refractivity contribution is 5.76. The molecule has 0 bridgehead atoms. The van der Waals surface area contributed by atoms with Crippen LogP contribution in [-0.4, -0.2) is 41.9 Å². The number of likely N-dealkylation sites (tertiary alicyclic amines) is 2. The van der Waals surface area contributed by atoms with Crippen LogP contribution in [0.4, 0.5) is 8.78 Å². The highest BCUT2D eigenvalue weighted by atomic mass is 19.2. The molecule has 1 spiro atoms. The summed E-state index contributed by atoms with van der Waals surface area (Å²) in [6, 6.07) is 4.41. The molecular formula is C22H30F2N2O. The van der Waals surface area contributed by atoms with Gasteiger partial charge in [-0.05, 0) is 56.6 Å². The maximum Gasteiger partial charge on any atom is 0.222 e. The smallest absolute Gasteiger partial charge is 0.222 e. The molecule has 3 fully saturated rings. The van der Waals surface area contributed by atoms with Crippen molar-refractivity contribution in [1.29, 1.82) is 0 Å². The number of piperidine rings is 1. The Hall–Kier alpha value is -1.49. The highest BCUT2D eigenvalue weighted by Crippen LogP contribution is 2.49. The molecular weight excluding hydrogens is 346 g/mol. The molecule has 27 heavy (non-hydrogen) atoms. The predicted molar refractivity (Wildman–Crippen MR) is 101 cm³/mol. The number of nitrogens with zero attached hydrogens (tertiary/aromatic N) is 2. The molecule has 148 valence electrons. The van der Waals surface area contributed by atoms with E-state index < -0.39 is 11.6 Å². The maximum absolute atomic E-state index is 14.0. The third-order valence-electron chi connectivity index (χ3n) is 7.00. The topological polar surface area (TPSA) is 23.6 Å². The normalized spacial score (nSPS) is 27.3. The number of carbonyl (C=O) groups excluding carboxylic acids is 1.